The van der Waals surface area contributed by atoms with Gasteiger partial charge in [0.25, 0.3) is 0 Å². The number of thiophene rings is 1. The Morgan fingerprint density at radius 2 is 2.00 bits per heavy atom. The van der Waals surface area contributed by atoms with Crippen LogP contribution in [0, 0.1) is 6.92 Å². The van der Waals surface area contributed by atoms with Crippen LogP contribution in [-0.4, -0.2) is 30.3 Å². The van der Waals surface area contributed by atoms with Crippen molar-refractivity contribution in [1.82, 2.24) is 10.2 Å². The number of carbonyl (C=O) groups is 1. The van der Waals surface area contributed by atoms with Gasteiger partial charge in [-0.2, -0.15) is 0 Å². The van der Waals surface area contributed by atoms with Crippen molar-refractivity contribution in [2.75, 3.05) is 19.3 Å². The lowest BCUT2D eigenvalue weighted by Gasteiger charge is -2.17. The predicted molar refractivity (Wildman–Crippen MR) is 96.1 cm³/mol. The van der Waals surface area contributed by atoms with Crippen molar-refractivity contribution < 1.29 is 4.79 Å². The fourth-order valence-electron chi connectivity index (χ4n) is 1.84. The molecule has 118 valence electrons. The molecule has 0 spiro atoms. The van der Waals surface area contributed by atoms with E-state index in [2.05, 4.69) is 36.5 Å². The lowest BCUT2D eigenvalue weighted by Crippen LogP contribution is -2.37. The maximum absolute atomic E-state index is 12.0. The van der Waals surface area contributed by atoms with Gasteiger partial charge in [0.2, 0.25) is 0 Å². The summed E-state index contributed by atoms with van der Waals surface area (Å²) in [5, 5.41) is 2.93. The summed E-state index contributed by atoms with van der Waals surface area (Å²) < 4.78 is 0.748. The van der Waals surface area contributed by atoms with Gasteiger partial charge in [0.05, 0.1) is 10.9 Å². The number of nitrogens with one attached hydrogen (secondary N) is 1. The molecule has 1 aromatic heterocycles. The molecule has 0 fully saturated rings. The summed E-state index contributed by atoms with van der Waals surface area (Å²) in [6.07, 6.45) is 0. The maximum atomic E-state index is 12.0. The van der Waals surface area contributed by atoms with Crippen molar-refractivity contribution in [3.63, 3.8) is 0 Å². The normalized spacial score (nSPS) is 10.5. The first kappa shape index (κ1) is 17.2. The number of thioether (sulfide) groups is 1. The first-order valence-corrected chi connectivity index (χ1v) is 9.15. The molecule has 2 rings (SSSR count). The average Bonchev–Trinajstić information content (AvgIpc) is 2.90. The van der Waals surface area contributed by atoms with Gasteiger partial charge in [0.15, 0.2) is 0 Å². The molecule has 0 aliphatic carbocycles. The van der Waals surface area contributed by atoms with Gasteiger partial charge < -0.3 is 10.2 Å². The summed E-state index contributed by atoms with van der Waals surface area (Å²) in [5.74, 6) is 0.855. The monoisotopic (exact) mass is 354 g/mol. The Kier molecular flexibility index (Phi) is 6.61. The molecule has 22 heavy (non-hydrogen) atoms. The highest BCUT2D eigenvalue weighted by atomic mass is 35.5. The van der Waals surface area contributed by atoms with E-state index in [-0.39, 0.29) is 6.03 Å². The van der Waals surface area contributed by atoms with E-state index in [9.17, 15) is 4.79 Å². The first-order chi connectivity index (χ1) is 10.5. The van der Waals surface area contributed by atoms with E-state index < -0.39 is 0 Å². The molecule has 3 nitrogen and oxygen atoms in total. The second kappa shape index (κ2) is 8.46. The van der Waals surface area contributed by atoms with Crippen LogP contribution in [0.2, 0.25) is 4.34 Å². The largest absolute Gasteiger partial charge is 0.337 e. The molecule has 6 heteroatoms. The number of halogens is 1. The summed E-state index contributed by atoms with van der Waals surface area (Å²) in [5.41, 5.74) is 1.26. The van der Waals surface area contributed by atoms with E-state index in [1.165, 1.54) is 21.8 Å². The quantitative estimate of drug-likeness (QED) is 0.605. The van der Waals surface area contributed by atoms with Crippen molar-refractivity contribution in [2.45, 2.75) is 18.4 Å². The highest BCUT2D eigenvalue weighted by Crippen LogP contribution is 2.22. The Hall–Kier alpha value is -1.17. The van der Waals surface area contributed by atoms with Gasteiger partial charge in [-0.1, -0.05) is 29.3 Å². The van der Waals surface area contributed by atoms with Crippen LogP contribution >= 0.6 is 34.7 Å². The summed E-state index contributed by atoms with van der Waals surface area (Å²) in [6.45, 7) is 3.30. The summed E-state index contributed by atoms with van der Waals surface area (Å²) in [6, 6.07) is 12.1. The molecule has 0 aliphatic rings. The predicted octanol–water partition coefficient (Wildman–Crippen LogP) is 4.64. The van der Waals surface area contributed by atoms with Gasteiger partial charge in [-0.3, -0.25) is 0 Å². The molecule has 0 radical (unpaired) electrons. The third kappa shape index (κ3) is 5.55. The van der Waals surface area contributed by atoms with Crippen molar-refractivity contribution in [2.24, 2.45) is 0 Å². The Balaban J connectivity index is 1.67. The second-order valence-corrected chi connectivity index (χ2v) is 7.92. The molecular formula is C16H19ClN2OS2. The molecule has 1 aromatic carbocycles. The molecule has 2 aromatic rings. The molecule has 2 amide bonds. The van der Waals surface area contributed by atoms with Crippen LogP contribution in [0.15, 0.2) is 41.3 Å². The first-order valence-electron chi connectivity index (χ1n) is 6.97. The molecule has 0 bridgehead atoms. The van der Waals surface area contributed by atoms with Gasteiger partial charge in [0, 0.05) is 29.1 Å². The van der Waals surface area contributed by atoms with Gasteiger partial charge in [0.1, 0.15) is 0 Å². The number of hydrogen-bond acceptors (Lipinski definition) is 3. The van der Waals surface area contributed by atoms with E-state index in [0.717, 1.165) is 15.0 Å². The fraction of sp³-hybridized carbons (Fsp3) is 0.312. The van der Waals surface area contributed by atoms with Crippen molar-refractivity contribution in [1.29, 1.82) is 0 Å². The molecular weight excluding hydrogens is 336 g/mol. The van der Waals surface area contributed by atoms with Crippen molar-refractivity contribution in [3.05, 3.63) is 51.2 Å². The van der Waals surface area contributed by atoms with E-state index in [1.807, 2.05) is 12.1 Å². The minimum absolute atomic E-state index is 0.0611. The molecule has 1 heterocycles. The third-order valence-electron chi connectivity index (χ3n) is 3.04. The van der Waals surface area contributed by atoms with Gasteiger partial charge in [-0.25, -0.2) is 4.79 Å². The number of amides is 2. The number of hydrogen-bond donors (Lipinski definition) is 1. The molecule has 0 aliphatic heterocycles. The number of carbonyl (C=O) groups excluding carboxylic acids is 1. The molecule has 0 unspecified atom stereocenters. The fourth-order valence-corrected chi connectivity index (χ4v) is 3.75. The highest BCUT2D eigenvalue weighted by molar-refractivity contribution is 7.99. The van der Waals surface area contributed by atoms with Gasteiger partial charge in [-0.05, 0) is 31.2 Å². The third-order valence-corrected chi connectivity index (χ3v) is 5.27. The SMILES string of the molecule is Cc1ccc(SCCNC(=O)N(C)Cc2ccc(Cl)s2)cc1. The lowest BCUT2D eigenvalue weighted by atomic mass is 10.2. The number of rotatable bonds is 6. The molecule has 0 saturated carbocycles. The van der Waals surface area contributed by atoms with Crippen LogP contribution in [0.25, 0.3) is 0 Å². The molecule has 0 atom stereocenters. The second-order valence-electron chi connectivity index (χ2n) is 4.96. The zero-order valence-electron chi connectivity index (χ0n) is 12.6. The topological polar surface area (TPSA) is 32.3 Å². The standard InChI is InChI=1S/C16H19ClN2OS2/c1-12-3-5-13(6-4-12)21-10-9-18-16(20)19(2)11-14-7-8-15(17)22-14/h3-8H,9-11H2,1-2H3,(H,18,20). The smallest absolute Gasteiger partial charge is 0.317 e. The van der Waals surface area contributed by atoms with Crippen molar-refractivity contribution >= 4 is 40.7 Å². The van der Waals surface area contributed by atoms with Crippen LogP contribution < -0.4 is 5.32 Å². The van der Waals surface area contributed by atoms with Gasteiger partial charge >= 0.3 is 6.03 Å². The molecule has 0 saturated heterocycles. The zero-order valence-corrected chi connectivity index (χ0v) is 15.0. The maximum Gasteiger partial charge on any atom is 0.317 e. The number of urea groups is 1. The van der Waals surface area contributed by atoms with E-state index >= 15 is 0 Å². The summed E-state index contributed by atoms with van der Waals surface area (Å²) in [4.78, 5) is 16.0. The van der Waals surface area contributed by atoms with E-state index in [1.54, 1.807) is 23.7 Å². The van der Waals surface area contributed by atoms with Crippen molar-refractivity contribution in [3.8, 4) is 0 Å². The van der Waals surface area contributed by atoms with Crippen LogP contribution in [0.3, 0.4) is 0 Å². The highest BCUT2D eigenvalue weighted by Gasteiger charge is 2.09. The minimum Gasteiger partial charge on any atom is -0.337 e. The Bertz CT molecular complexity index is 613. The Morgan fingerprint density at radius 3 is 2.64 bits per heavy atom. The van der Waals surface area contributed by atoms with Crippen LogP contribution in [0.5, 0.6) is 0 Å². The minimum atomic E-state index is -0.0611. The van der Waals surface area contributed by atoms with E-state index in [4.69, 9.17) is 11.6 Å². The Labute approximate surface area is 144 Å². The average molecular weight is 355 g/mol. The van der Waals surface area contributed by atoms with Gasteiger partial charge in [-0.15, -0.1) is 23.1 Å². The number of nitrogens with zero attached hydrogens (tertiary/aromatic N) is 1. The van der Waals surface area contributed by atoms with E-state index in [0.29, 0.717) is 13.1 Å². The van der Waals surface area contributed by atoms with Crippen LogP contribution in [0.4, 0.5) is 4.79 Å². The summed E-state index contributed by atoms with van der Waals surface area (Å²) >= 11 is 9.13. The Morgan fingerprint density at radius 1 is 1.27 bits per heavy atom. The number of aryl methyl sites for hydroxylation is 1. The lowest BCUT2D eigenvalue weighted by molar-refractivity contribution is 0.208. The van der Waals surface area contributed by atoms with Crippen LogP contribution in [-0.2, 0) is 6.54 Å². The summed E-state index contributed by atoms with van der Waals surface area (Å²) in [7, 11) is 1.79. The zero-order chi connectivity index (χ0) is 15.9. The van der Waals surface area contributed by atoms with Crippen LogP contribution in [0.1, 0.15) is 10.4 Å². The number of benzene rings is 1. The molecule has 1 N–H and O–H groups in total.